The van der Waals surface area contributed by atoms with Crippen LogP contribution in [0, 0.1) is 0 Å². The van der Waals surface area contributed by atoms with Gasteiger partial charge in [0.15, 0.2) is 0 Å². The molecule has 0 aliphatic carbocycles. The summed E-state index contributed by atoms with van der Waals surface area (Å²) in [5.41, 5.74) is -0.856. The number of rotatable bonds is 2. The lowest BCUT2D eigenvalue weighted by Gasteiger charge is -2.23. The van der Waals surface area contributed by atoms with E-state index in [1.54, 1.807) is 19.9 Å². The molecule has 0 unspecified atom stereocenters. The van der Waals surface area contributed by atoms with Gasteiger partial charge in [-0.05, 0) is 13.8 Å². The van der Waals surface area contributed by atoms with Crippen LogP contribution in [0.4, 0.5) is 4.79 Å². The van der Waals surface area contributed by atoms with Crippen LogP contribution in [0.15, 0.2) is 12.7 Å². The van der Waals surface area contributed by atoms with E-state index in [9.17, 15) is 9.59 Å². The molecule has 0 bridgehead atoms. The van der Waals surface area contributed by atoms with Gasteiger partial charge in [0.25, 0.3) is 0 Å². The Morgan fingerprint density at radius 3 is 2.50 bits per heavy atom. The molecule has 66 valence electrons. The molecule has 1 fully saturated rings. The normalized spacial score (nSPS) is 21.0. The molecule has 1 rings (SSSR count). The molecule has 1 saturated heterocycles. The molecule has 0 saturated carbocycles. The molecular weight excluding hydrogens is 158 g/mol. The van der Waals surface area contributed by atoms with Crippen molar-refractivity contribution in [2.24, 2.45) is 0 Å². The topological polar surface area (TPSA) is 46.6 Å². The number of nitrogens with zero attached hydrogens (tertiary/aromatic N) is 1. The molecule has 4 nitrogen and oxygen atoms in total. The first-order valence-corrected chi connectivity index (χ1v) is 3.65. The van der Waals surface area contributed by atoms with Gasteiger partial charge in [0.05, 0.1) is 0 Å². The summed E-state index contributed by atoms with van der Waals surface area (Å²) in [5.74, 6) is -0.505. The molecule has 0 spiro atoms. The molecule has 0 aromatic rings. The fourth-order valence-corrected chi connectivity index (χ4v) is 1.03. The van der Waals surface area contributed by atoms with Crippen LogP contribution in [-0.2, 0) is 9.53 Å². The van der Waals surface area contributed by atoms with Crippen molar-refractivity contribution in [3.63, 3.8) is 0 Å². The van der Waals surface area contributed by atoms with Crippen LogP contribution in [0.1, 0.15) is 13.8 Å². The summed E-state index contributed by atoms with van der Waals surface area (Å²) in [6, 6.07) is 0. The highest BCUT2D eigenvalue weighted by Gasteiger charge is 2.47. The van der Waals surface area contributed by atoms with E-state index in [-0.39, 0.29) is 0 Å². The fraction of sp³-hybridized carbons (Fsp3) is 0.500. The molecule has 0 atom stereocenters. The van der Waals surface area contributed by atoms with Gasteiger partial charge in [0.1, 0.15) is 5.54 Å². The minimum absolute atomic E-state index is 0.331. The van der Waals surface area contributed by atoms with Crippen LogP contribution in [0.2, 0.25) is 0 Å². The summed E-state index contributed by atoms with van der Waals surface area (Å²) < 4.78 is 4.44. The van der Waals surface area contributed by atoms with Crippen molar-refractivity contribution in [3.05, 3.63) is 12.7 Å². The molecule has 0 aromatic carbocycles. The van der Waals surface area contributed by atoms with E-state index in [0.29, 0.717) is 6.54 Å². The minimum Gasteiger partial charge on any atom is -0.374 e. The Morgan fingerprint density at radius 2 is 2.17 bits per heavy atom. The first-order chi connectivity index (χ1) is 5.50. The van der Waals surface area contributed by atoms with E-state index >= 15 is 0 Å². The Balaban J connectivity index is 2.90. The SMILES string of the molecule is C=CCN1C(=O)OC(=O)C1(C)C. The largest absolute Gasteiger partial charge is 0.418 e. The zero-order valence-electron chi connectivity index (χ0n) is 7.16. The highest BCUT2D eigenvalue weighted by molar-refractivity contribution is 5.98. The third-order valence-electron chi connectivity index (χ3n) is 1.89. The van der Waals surface area contributed by atoms with Crippen LogP contribution in [0.3, 0.4) is 0 Å². The van der Waals surface area contributed by atoms with Crippen LogP contribution in [-0.4, -0.2) is 29.0 Å². The van der Waals surface area contributed by atoms with Gasteiger partial charge in [-0.2, -0.15) is 0 Å². The molecule has 1 heterocycles. The van der Waals surface area contributed by atoms with Gasteiger partial charge in [0, 0.05) is 6.54 Å². The quantitative estimate of drug-likeness (QED) is 0.351. The van der Waals surface area contributed by atoms with Gasteiger partial charge in [-0.1, -0.05) is 6.08 Å². The highest BCUT2D eigenvalue weighted by Crippen LogP contribution is 2.24. The van der Waals surface area contributed by atoms with Gasteiger partial charge in [-0.3, -0.25) is 4.90 Å². The van der Waals surface area contributed by atoms with Crippen molar-refractivity contribution in [1.82, 2.24) is 4.90 Å². The lowest BCUT2D eigenvalue weighted by molar-refractivity contribution is -0.139. The second-order valence-electron chi connectivity index (χ2n) is 3.11. The lowest BCUT2D eigenvalue weighted by Crippen LogP contribution is -2.44. The number of hydrogen-bond donors (Lipinski definition) is 0. The summed E-state index contributed by atoms with van der Waals surface area (Å²) in [4.78, 5) is 23.4. The van der Waals surface area contributed by atoms with Crippen LogP contribution in [0.25, 0.3) is 0 Å². The maximum absolute atomic E-state index is 11.1. The molecular formula is C8H11NO3. The number of amides is 1. The highest BCUT2D eigenvalue weighted by atomic mass is 16.6. The summed E-state index contributed by atoms with van der Waals surface area (Å²) in [7, 11) is 0. The standard InChI is InChI=1S/C8H11NO3/c1-4-5-9-7(11)12-6(10)8(9,2)3/h4H,1,5H2,2-3H3. The maximum atomic E-state index is 11.1. The fourth-order valence-electron chi connectivity index (χ4n) is 1.03. The predicted molar refractivity (Wildman–Crippen MR) is 42.5 cm³/mol. The maximum Gasteiger partial charge on any atom is 0.418 e. The molecule has 0 aromatic heterocycles. The second-order valence-corrected chi connectivity index (χ2v) is 3.11. The molecule has 12 heavy (non-hydrogen) atoms. The van der Waals surface area contributed by atoms with Gasteiger partial charge in [-0.15, -0.1) is 6.58 Å². The number of ether oxygens (including phenoxy) is 1. The molecule has 1 aliphatic rings. The van der Waals surface area contributed by atoms with Crippen molar-refractivity contribution < 1.29 is 14.3 Å². The van der Waals surface area contributed by atoms with Crippen molar-refractivity contribution >= 4 is 12.1 Å². The number of carbonyl (C=O) groups excluding carboxylic acids is 2. The van der Waals surface area contributed by atoms with E-state index in [1.807, 2.05) is 0 Å². The van der Waals surface area contributed by atoms with Gasteiger partial charge >= 0.3 is 12.1 Å². The number of carbonyl (C=O) groups is 2. The van der Waals surface area contributed by atoms with Crippen LogP contribution in [0.5, 0.6) is 0 Å². The average Bonchev–Trinajstić information content (AvgIpc) is 2.14. The molecule has 1 amide bonds. The number of esters is 1. The van der Waals surface area contributed by atoms with Gasteiger partial charge < -0.3 is 4.74 Å². The van der Waals surface area contributed by atoms with Crippen molar-refractivity contribution in [2.45, 2.75) is 19.4 Å². The summed E-state index contributed by atoms with van der Waals surface area (Å²) in [6.45, 7) is 7.10. The summed E-state index contributed by atoms with van der Waals surface area (Å²) >= 11 is 0. The summed E-state index contributed by atoms with van der Waals surface area (Å²) in [6.07, 6.45) is 0.964. The first-order valence-electron chi connectivity index (χ1n) is 3.65. The Kier molecular flexibility index (Phi) is 1.92. The van der Waals surface area contributed by atoms with E-state index in [2.05, 4.69) is 11.3 Å². The van der Waals surface area contributed by atoms with Gasteiger partial charge in [0.2, 0.25) is 0 Å². The monoisotopic (exact) mass is 169 g/mol. The molecule has 4 heteroatoms. The molecule has 0 radical (unpaired) electrons. The van der Waals surface area contributed by atoms with E-state index in [4.69, 9.17) is 0 Å². The lowest BCUT2D eigenvalue weighted by atomic mass is 10.1. The predicted octanol–water partition coefficient (Wildman–Crippen LogP) is 0.930. The first kappa shape index (κ1) is 8.77. The van der Waals surface area contributed by atoms with Crippen LogP contribution < -0.4 is 0 Å². The third-order valence-corrected chi connectivity index (χ3v) is 1.89. The number of hydrogen-bond acceptors (Lipinski definition) is 3. The average molecular weight is 169 g/mol. The Hall–Kier alpha value is -1.32. The smallest absolute Gasteiger partial charge is 0.374 e. The van der Waals surface area contributed by atoms with Gasteiger partial charge in [-0.25, -0.2) is 9.59 Å². The molecule has 1 aliphatic heterocycles. The Bertz CT molecular complexity index is 245. The third kappa shape index (κ3) is 1.09. The molecule has 0 N–H and O–H groups in total. The zero-order valence-corrected chi connectivity index (χ0v) is 7.16. The summed E-state index contributed by atoms with van der Waals surface area (Å²) in [5, 5.41) is 0. The van der Waals surface area contributed by atoms with Crippen molar-refractivity contribution in [1.29, 1.82) is 0 Å². The van der Waals surface area contributed by atoms with E-state index in [1.165, 1.54) is 4.90 Å². The van der Waals surface area contributed by atoms with Crippen molar-refractivity contribution in [3.8, 4) is 0 Å². The minimum atomic E-state index is -0.856. The van der Waals surface area contributed by atoms with Crippen LogP contribution >= 0.6 is 0 Å². The number of cyclic esters (lactones) is 2. The van der Waals surface area contributed by atoms with E-state index < -0.39 is 17.6 Å². The Labute approximate surface area is 70.8 Å². The van der Waals surface area contributed by atoms with Crippen molar-refractivity contribution in [2.75, 3.05) is 6.54 Å². The Morgan fingerprint density at radius 1 is 1.58 bits per heavy atom. The zero-order chi connectivity index (χ0) is 9.35. The second kappa shape index (κ2) is 2.62. The van der Waals surface area contributed by atoms with E-state index in [0.717, 1.165) is 0 Å².